The molecule has 0 aliphatic rings. The molecule has 0 amide bonds. The molecule has 0 heterocycles. The maximum absolute atomic E-state index is 10.5. The second kappa shape index (κ2) is 9.92. The maximum atomic E-state index is 10.5. The SMILES string of the molecule is O=C(O)c1ccccc1C(=O)O.O=C(O)c1ccccc1C(=O)O.[Li]. The summed E-state index contributed by atoms with van der Waals surface area (Å²) < 4.78 is 0. The van der Waals surface area contributed by atoms with Crippen molar-refractivity contribution in [3.05, 3.63) is 70.8 Å². The summed E-state index contributed by atoms with van der Waals surface area (Å²) in [6.07, 6.45) is 0. The Morgan fingerprint density at radius 3 is 0.760 bits per heavy atom. The van der Waals surface area contributed by atoms with Gasteiger partial charge in [0.25, 0.3) is 0 Å². The fourth-order valence-electron chi connectivity index (χ4n) is 1.71. The van der Waals surface area contributed by atoms with E-state index in [-0.39, 0.29) is 41.1 Å². The molecule has 25 heavy (non-hydrogen) atoms. The number of hydrogen-bond acceptors (Lipinski definition) is 4. The third-order valence-corrected chi connectivity index (χ3v) is 2.78. The van der Waals surface area contributed by atoms with Crippen LogP contribution in [0.1, 0.15) is 41.4 Å². The van der Waals surface area contributed by atoms with Gasteiger partial charge in [-0.2, -0.15) is 0 Å². The zero-order chi connectivity index (χ0) is 18.3. The molecule has 0 spiro atoms. The van der Waals surface area contributed by atoms with Crippen molar-refractivity contribution in [3.63, 3.8) is 0 Å². The van der Waals surface area contributed by atoms with E-state index in [9.17, 15) is 19.2 Å². The maximum Gasteiger partial charge on any atom is 0.336 e. The second-order valence-electron chi connectivity index (χ2n) is 4.31. The van der Waals surface area contributed by atoms with E-state index in [1.807, 2.05) is 0 Å². The van der Waals surface area contributed by atoms with E-state index in [4.69, 9.17) is 20.4 Å². The Morgan fingerprint density at radius 2 is 0.640 bits per heavy atom. The van der Waals surface area contributed by atoms with Gasteiger partial charge in [0.2, 0.25) is 0 Å². The Morgan fingerprint density at radius 1 is 0.480 bits per heavy atom. The average Bonchev–Trinajstić information content (AvgIpc) is 2.55. The van der Waals surface area contributed by atoms with Gasteiger partial charge >= 0.3 is 23.9 Å². The van der Waals surface area contributed by atoms with E-state index < -0.39 is 23.9 Å². The zero-order valence-electron chi connectivity index (χ0n) is 13.0. The molecule has 1 radical (unpaired) electrons. The minimum atomic E-state index is -1.23. The van der Waals surface area contributed by atoms with E-state index in [0.717, 1.165) is 0 Å². The molecule has 0 unspecified atom stereocenters. The average molecular weight is 339 g/mol. The molecule has 0 aliphatic heterocycles. The van der Waals surface area contributed by atoms with Crippen LogP contribution in [0.2, 0.25) is 0 Å². The molecule has 2 rings (SSSR count). The largest absolute Gasteiger partial charge is 0.478 e. The summed E-state index contributed by atoms with van der Waals surface area (Å²) >= 11 is 0. The molecule has 4 N–H and O–H groups in total. The monoisotopic (exact) mass is 339 g/mol. The Kier molecular flexibility index (Phi) is 8.70. The normalized spacial score (nSPS) is 8.96. The van der Waals surface area contributed by atoms with Crippen molar-refractivity contribution in [3.8, 4) is 0 Å². The molecule has 0 saturated carbocycles. The first-order valence-corrected chi connectivity index (χ1v) is 6.37. The summed E-state index contributed by atoms with van der Waals surface area (Å²) in [5, 5.41) is 34.2. The summed E-state index contributed by atoms with van der Waals surface area (Å²) in [7, 11) is 0. The first-order valence-electron chi connectivity index (χ1n) is 6.37. The number of hydrogen-bond donors (Lipinski definition) is 4. The molecule has 2 aromatic carbocycles. The van der Waals surface area contributed by atoms with Gasteiger partial charge in [-0.3, -0.25) is 0 Å². The smallest absolute Gasteiger partial charge is 0.336 e. The molecule has 125 valence electrons. The van der Waals surface area contributed by atoms with E-state index in [1.165, 1.54) is 48.5 Å². The number of aromatic carboxylic acids is 4. The fourth-order valence-corrected chi connectivity index (χ4v) is 1.71. The standard InChI is InChI=1S/2C8H6O4.Li/c2*9-7(10)5-3-1-2-4-6(5)8(11)12;/h2*1-4H,(H,9,10)(H,11,12);. The Balaban J connectivity index is 0.000000443. The second-order valence-corrected chi connectivity index (χ2v) is 4.31. The van der Waals surface area contributed by atoms with Crippen molar-refractivity contribution in [2.24, 2.45) is 0 Å². The Labute approximate surface area is 153 Å². The molecule has 0 atom stereocenters. The van der Waals surface area contributed by atoms with Crippen molar-refractivity contribution in [1.29, 1.82) is 0 Å². The number of rotatable bonds is 4. The number of benzene rings is 2. The first kappa shape index (κ1) is 21.9. The van der Waals surface area contributed by atoms with Gasteiger partial charge in [0.05, 0.1) is 22.3 Å². The summed E-state index contributed by atoms with van der Waals surface area (Å²) in [6, 6.07) is 11.0. The molecule has 8 nitrogen and oxygen atoms in total. The summed E-state index contributed by atoms with van der Waals surface area (Å²) in [5.41, 5.74) is -0.759. The molecule has 0 bridgehead atoms. The van der Waals surface area contributed by atoms with E-state index >= 15 is 0 Å². The van der Waals surface area contributed by atoms with Crippen LogP contribution < -0.4 is 0 Å². The van der Waals surface area contributed by atoms with Crippen LogP contribution in [0.5, 0.6) is 0 Å². The van der Waals surface area contributed by atoms with Gasteiger partial charge in [0, 0.05) is 18.9 Å². The van der Waals surface area contributed by atoms with Crippen LogP contribution in [0, 0.1) is 0 Å². The van der Waals surface area contributed by atoms with Crippen molar-refractivity contribution in [2.45, 2.75) is 0 Å². The van der Waals surface area contributed by atoms with Crippen LogP contribution in [-0.4, -0.2) is 63.2 Å². The molecule has 0 saturated heterocycles. The number of carbonyl (C=O) groups is 4. The van der Waals surface area contributed by atoms with Crippen LogP contribution in [0.15, 0.2) is 48.5 Å². The number of carboxylic acid groups (broad SMARTS) is 4. The quantitative estimate of drug-likeness (QED) is 0.616. The molecular formula is C16H12LiO8. The predicted molar refractivity (Wildman–Crippen MR) is 86.5 cm³/mol. The van der Waals surface area contributed by atoms with Gasteiger partial charge in [-0.15, -0.1) is 0 Å². The zero-order valence-corrected chi connectivity index (χ0v) is 13.0. The van der Waals surface area contributed by atoms with E-state index in [0.29, 0.717) is 0 Å². The topological polar surface area (TPSA) is 149 Å². The number of carboxylic acids is 4. The third-order valence-electron chi connectivity index (χ3n) is 2.78. The van der Waals surface area contributed by atoms with Gasteiger partial charge in [-0.25, -0.2) is 19.2 Å². The molecule has 9 heteroatoms. The Hall–Kier alpha value is -3.08. The molecule has 0 aromatic heterocycles. The molecule has 0 fully saturated rings. The van der Waals surface area contributed by atoms with Crippen molar-refractivity contribution >= 4 is 42.7 Å². The van der Waals surface area contributed by atoms with Gasteiger partial charge in [-0.05, 0) is 24.3 Å². The minimum Gasteiger partial charge on any atom is -0.478 e. The van der Waals surface area contributed by atoms with Gasteiger partial charge < -0.3 is 20.4 Å². The Bertz CT molecular complexity index is 667. The minimum absolute atomic E-state index is 0. The van der Waals surface area contributed by atoms with Gasteiger partial charge in [0.15, 0.2) is 0 Å². The summed E-state index contributed by atoms with van der Waals surface area (Å²) in [5.74, 6) is -4.91. The van der Waals surface area contributed by atoms with Gasteiger partial charge in [0.1, 0.15) is 0 Å². The van der Waals surface area contributed by atoms with Crippen LogP contribution in [0.25, 0.3) is 0 Å². The van der Waals surface area contributed by atoms with E-state index in [1.54, 1.807) is 0 Å². The third kappa shape index (κ3) is 6.14. The van der Waals surface area contributed by atoms with Gasteiger partial charge in [-0.1, -0.05) is 24.3 Å². The molecular weight excluding hydrogens is 327 g/mol. The van der Waals surface area contributed by atoms with Crippen LogP contribution in [0.3, 0.4) is 0 Å². The van der Waals surface area contributed by atoms with Crippen molar-refractivity contribution in [2.75, 3.05) is 0 Å². The summed E-state index contributed by atoms with van der Waals surface area (Å²) in [6.45, 7) is 0. The van der Waals surface area contributed by atoms with E-state index in [2.05, 4.69) is 0 Å². The summed E-state index contributed by atoms with van der Waals surface area (Å²) in [4.78, 5) is 41.9. The first-order chi connectivity index (χ1) is 11.3. The van der Waals surface area contributed by atoms with Crippen molar-refractivity contribution in [1.82, 2.24) is 0 Å². The predicted octanol–water partition coefficient (Wildman–Crippen LogP) is 1.79. The van der Waals surface area contributed by atoms with Crippen LogP contribution in [0.4, 0.5) is 0 Å². The molecule has 0 aliphatic carbocycles. The fraction of sp³-hybridized carbons (Fsp3) is 0. The van der Waals surface area contributed by atoms with Crippen molar-refractivity contribution < 1.29 is 39.6 Å². The van der Waals surface area contributed by atoms with Crippen LogP contribution in [-0.2, 0) is 0 Å². The van der Waals surface area contributed by atoms with Crippen LogP contribution >= 0.6 is 0 Å². The molecule has 2 aromatic rings.